The highest BCUT2D eigenvalue weighted by atomic mass is 16.2. The number of carbonyl (C=O) groups excluding carboxylic acids is 1. The van der Waals surface area contributed by atoms with Gasteiger partial charge in [-0.2, -0.15) is 0 Å². The zero-order valence-electron chi connectivity index (χ0n) is 12.1. The molecule has 1 aromatic heterocycles. The largest absolute Gasteiger partial charge is 0.320 e. The molecule has 2 rings (SSSR count). The number of hydrogen-bond acceptors (Lipinski definition) is 3. The van der Waals surface area contributed by atoms with Crippen molar-refractivity contribution in [3.05, 3.63) is 59.4 Å². The van der Waals surface area contributed by atoms with Crippen LogP contribution in [-0.2, 0) is 0 Å². The molecule has 21 heavy (non-hydrogen) atoms. The van der Waals surface area contributed by atoms with E-state index in [-0.39, 0.29) is 12.5 Å². The van der Waals surface area contributed by atoms with Crippen LogP contribution in [0.15, 0.2) is 42.7 Å². The third-order valence-electron chi connectivity index (χ3n) is 3.05. The van der Waals surface area contributed by atoms with Crippen LogP contribution in [-0.4, -0.2) is 24.5 Å². The van der Waals surface area contributed by atoms with E-state index in [0.29, 0.717) is 11.1 Å². The summed E-state index contributed by atoms with van der Waals surface area (Å²) in [4.78, 5) is 18.1. The van der Waals surface area contributed by atoms with Crippen molar-refractivity contribution in [1.82, 2.24) is 4.98 Å². The maximum Gasteiger partial charge on any atom is 0.259 e. The fraction of sp³-hybridized carbons (Fsp3) is 0.176. The van der Waals surface area contributed by atoms with Crippen LogP contribution in [0.2, 0.25) is 0 Å². The predicted molar refractivity (Wildman–Crippen MR) is 84.1 cm³/mol. The lowest BCUT2D eigenvalue weighted by molar-refractivity contribution is 0.0992. The Labute approximate surface area is 124 Å². The fourth-order valence-corrected chi connectivity index (χ4v) is 1.86. The van der Waals surface area contributed by atoms with E-state index in [1.807, 2.05) is 31.2 Å². The van der Waals surface area contributed by atoms with Gasteiger partial charge in [0, 0.05) is 30.7 Å². The summed E-state index contributed by atoms with van der Waals surface area (Å²) in [5.41, 5.74) is 8.52. The summed E-state index contributed by atoms with van der Waals surface area (Å²) < 4.78 is 0. The number of nitrogens with two attached hydrogens (primary N) is 1. The molecule has 2 aromatic rings. The molecule has 0 unspecified atom stereocenters. The van der Waals surface area contributed by atoms with Crippen LogP contribution in [0.3, 0.4) is 0 Å². The Morgan fingerprint density at radius 3 is 2.67 bits per heavy atom. The lowest BCUT2D eigenvalue weighted by Gasteiger charge is -2.17. The average Bonchev–Trinajstić information content (AvgIpc) is 2.52. The number of hydrogen-bond donors (Lipinski definition) is 1. The van der Waals surface area contributed by atoms with Gasteiger partial charge in [-0.1, -0.05) is 29.5 Å². The third-order valence-corrected chi connectivity index (χ3v) is 3.05. The van der Waals surface area contributed by atoms with Gasteiger partial charge in [-0.15, -0.1) is 0 Å². The van der Waals surface area contributed by atoms with Crippen molar-refractivity contribution in [3.63, 3.8) is 0 Å². The molecule has 106 valence electrons. The number of nitrogens with zero attached hydrogens (tertiary/aromatic N) is 2. The summed E-state index contributed by atoms with van der Waals surface area (Å²) in [6.45, 7) is 2.29. The summed E-state index contributed by atoms with van der Waals surface area (Å²) in [6, 6.07) is 9.50. The molecule has 0 saturated carbocycles. The quantitative estimate of drug-likeness (QED) is 0.855. The molecule has 0 aliphatic heterocycles. The molecule has 1 aromatic carbocycles. The van der Waals surface area contributed by atoms with E-state index in [1.165, 1.54) is 0 Å². The monoisotopic (exact) mass is 279 g/mol. The Bertz CT molecular complexity index is 696. The molecule has 0 spiro atoms. The van der Waals surface area contributed by atoms with Crippen LogP contribution >= 0.6 is 0 Å². The van der Waals surface area contributed by atoms with Gasteiger partial charge in [0.05, 0.1) is 12.1 Å². The van der Waals surface area contributed by atoms with Gasteiger partial charge in [-0.25, -0.2) is 0 Å². The predicted octanol–water partition coefficient (Wildman–Crippen LogP) is 1.98. The summed E-state index contributed by atoms with van der Waals surface area (Å²) >= 11 is 0. The second-order valence-corrected chi connectivity index (χ2v) is 4.67. The average molecular weight is 279 g/mol. The number of aryl methyl sites for hydroxylation is 1. The SMILES string of the molecule is Cc1ccc(N(C)C(=O)c2cncc(C#CCN)c2)cc1. The van der Waals surface area contributed by atoms with E-state index in [4.69, 9.17) is 5.73 Å². The first-order valence-corrected chi connectivity index (χ1v) is 6.60. The van der Waals surface area contributed by atoms with Crippen LogP contribution in [0.1, 0.15) is 21.5 Å². The number of benzene rings is 1. The zero-order valence-corrected chi connectivity index (χ0v) is 12.1. The molecule has 1 heterocycles. The first kappa shape index (κ1) is 14.8. The van der Waals surface area contributed by atoms with Crippen LogP contribution in [0.25, 0.3) is 0 Å². The molecule has 0 saturated heterocycles. The van der Waals surface area contributed by atoms with Crippen LogP contribution in [0.4, 0.5) is 5.69 Å². The molecule has 0 fully saturated rings. The van der Waals surface area contributed by atoms with Crippen molar-refractivity contribution in [2.75, 3.05) is 18.5 Å². The maximum absolute atomic E-state index is 12.5. The topological polar surface area (TPSA) is 59.2 Å². The number of amides is 1. The van der Waals surface area contributed by atoms with E-state index in [1.54, 1.807) is 30.4 Å². The van der Waals surface area contributed by atoms with Crippen molar-refractivity contribution in [3.8, 4) is 11.8 Å². The fourth-order valence-electron chi connectivity index (χ4n) is 1.86. The van der Waals surface area contributed by atoms with Gasteiger partial charge in [-0.3, -0.25) is 9.78 Å². The molecule has 0 bridgehead atoms. The number of carbonyl (C=O) groups is 1. The number of rotatable bonds is 2. The van der Waals surface area contributed by atoms with E-state index >= 15 is 0 Å². The van der Waals surface area contributed by atoms with Gasteiger partial charge < -0.3 is 10.6 Å². The molecular formula is C17H17N3O. The van der Waals surface area contributed by atoms with E-state index < -0.39 is 0 Å². The summed E-state index contributed by atoms with van der Waals surface area (Å²) in [5.74, 6) is 5.51. The van der Waals surface area contributed by atoms with E-state index in [2.05, 4.69) is 16.8 Å². The Morgan fingerprint density at radius 1 is 1.29 bits per heavy atom. The standard InChI is InChI=1S/C17H17N3O/c1-13-5-7-16(8-6-13)20(2)17(21)15-10-14(4-3-9-18)11-19-12-15/h5-8,10-12H,9,18H2,1-2H3. The van der Waals surface area contributed by atoms with Crippen molar-refractivity contribution in [2.45, 2.75) is 6.92 Å². The van der Waals surface area contributed by atoms with Gasteiger partial charge >= 0.3 is 0 Å². The van der Waals surface area contributed by atoms with Gasteiger partial charge in [0.2, 0.25) is 0 Å². The highest BCUT2D eigenvalue weighted by Crippen LogP contribution is 2.16. The van der Waals surface area contributed by atoms with Gasteiger partial charge in [-0.05, 0) is 25.1 Å². The highest BCUT2D eigenvalue weighted by Gasteiger charge is 2.13. The Hall–Kier alpha value is -2.64. The molecule has 0 atom stereocenters. The second kappa shape index (κ2) is 6.69. The van der Waals surface area contributed by atoms with Gasteiger partial charge in [0.1, 0.15) is 0 Å². The van der Waals surface area contributed by atoms with E-state index in [9.17, 15) is 4.79 Å². The number of pyridine rings is 1. The highest BCUT2D eigenvalue weighted by molar-refractivity contribution is 6.05. The summed E-state index contributed by atoms with van der Waals surface area (Å²) in [7, 11) is 1.74. The Kier molecular flexibility index (Phi) is 4.70. The Balaban J connectivity index is 2.25. The number of anilines is 1. The van der Waals surface area contributed by atoms with E-state index in [0.717, 1.165) is 11.3 Å². The molecular weight excluding hydrogens is 262 g/mol. The first-order chi connectivity index (χ1) is 10.1. The zero-order chi connectivity index (χ0) is 15.2. The molecule has 0 aliphatic carbocycles. The minimum Gasteiger partial charge on any atom is -0.320 e. The normalized spacial score (nSPS) is 9.67. The molecule has 4 heteroatoms. The van der Waals surface area contributed by atoms with Crippen LogP contribution in [0.5, 0.6) is 0 Å². The van der Waals surface area contributed by atoms with Crippen LogP contribution in [0, 0.1) is 18.8 Å². The molecule has 2 N–H and O–H groups in total. The lowest BCUT2D eigenvalue weighted by Crippen LogP contribution is -2.26. The lowest BCUT2D eigenvalue weighted by atomic mass is 10.1. The minimum atomic E-state index is -0.122. The van der Waals surface area contributed by atoms with Crippen molar-refractivity contribution in [1.29, 1.82) is 0 Å². The van der Waals surface area contributed by atoms with Gasteiger partial charge in [0.25, 0.3) is 5.91 Å². The molecule has 0 radical (unpaired) electrons. The number of aromatic nitrogens is 1. The van der Waals surface area contributed by atoms with Crippen molar-refractivity contribution >= 4 is 11.6 Å². The van der Waals surface area contributed by atoms with Gasteiger partial charge in [0.15, 0.2) is 0 Å². The summed E-state index contributed by atoms with van der Waals surface area (Å²) in [6.07, 6.45) is 3.16. The van der Waals surface area contributed by atoms with Crippen LogP contribution < -0.4 is 10.6 Å². The molecule has 1 amide bonds. The molecule has 0 aliphatic rings. The third kappa shape index (κ3) is 3.68. The maximum atomic E-state index is 12.5. The minimum absolute atomic E-state index is 0.122. The first-order valence-electron chi connectivity index (χ1n) is 6.60. The second-order valence-electron chi connectivity index (χ2n) is 4.67. The summed E-state index contributed by atoms with van der Waals surface area (Å²) in [5, 5.41) is 0. The van der Waals surface area contributed by atoms with Crippen molar-refractivity contribution in [2.24, 2.45) is 5.73 Å². The smallest absolute Gasteiger partial charge is 0.259 e. The van der Waals surface area contributed by atoms with Crippen molar-refractivity contribution < 1.29 is 4.79 Å². The Morgan fingerprint density at radius 2 is 2.00 bits per heavy atom. The molecule has 4 nitrogen and oxygen atoms in total.